The Labute approximate surface area is 213 Å². The third-order valence-corrected chi connectivity index (χ3v) is 8.76. The molecule has 7 nitrogen and oxygen atoms in total. The maximum absolute atomic E-state index is 14.4. The number of benzene rings is 3. The molecule has 184 valence electrons. The number of carbonyl (C=O) groups is 1. The summed E-state index contributed by atoms with van der Waals surface area (Å²) in [5.41, 5.74) is 0.742. The lowest BCUT2D eigenvalue weighted by molar-refractivity contribution is -0.305. The van der Waals surface area contributed by atoms with Gasteiger partial charge in [0.15, 0.2) is 0 Å². The second kappa shape index (κ2) is 11.1. The summed E-state index contributed by atoms with van der Waals surface area (Å²) in [4.78, 5) is 11.8. The second-order valence-corrected chi connectivity index (χ2v) is 11.2. The fourth-order valence-electron chi connectivity index (χ4n) is 3.94. The van der Waals surface area contributed by atoms with Crippen molar-refractivity contribution in [2.45, 2.75) is 18.6 Å². The monoisotopic (exact) mass is 534 g/mol. The van der Waals surface area contributed by atoms with Gasteiger partial charge in [-0.05, 0) is 72.6 Å². The molecule has 0 aliphatic carbocycles. The van der Waals surface area contributed by atoms with Crippen LogP contribution in [0, 0.1) is 0 Å². The highest BCUT2D eigenvalue weighted by atomic mass is 35.5. The van der Waals surface area contributed by atoms with Crippen molar-refractivity contribution in [3.8, 4) is 11.5 Å². The Morgan fingerprint density at radius 1 is 1.00 bits per heavy atom. The molecule has 0 N–H and O–H groups in total. The number of nitrogens with zero attached hydrogens (tertiary/aromatic N) is 1. The highest BCUT2D eigenvalue weighted by Crippen LogP contribution is 2.57. The average Bonchev–Trinajstić information content (AvgIpc) is 2.99. The summed E-state index contributed by atoms with van der Waals surface area (Å²) in [6.07, 6.45) is -0.0315. The summed E-state index contributed by atoms with van der Waals surface area (Å²) in [7, 11) is -2.30. The van der Waals surface area contributed by atoms with Gasteiger partial charge in [0.25, 0.3) is 0 Å². The molecule has 35 heavy (non-hydrogen) atoms. The zero-order valence-electron chi connectivity index (χ0n) is 18.8. The first-order valence-corrected chi connectivity index (χ1v) is 13.2. The van der Waals surface area contributed by atoms with Gasteiger partial charge >= 0.3 is 7.52 Å². The van der Waals surface area contributed by atoms with Gasteiger partial charge in [0.05, 0.1) is 24.0 Å². The molecule has 0 spiro atoms. The van der Waals surface area contributed by atoms with E-state index in [1.807, 2.05) is 0 Å². The first-order chi connectivity index (χ1) is 16.8. The molecular formula is C25H23Cl2NO6P-. The van der Waals surface area contributed by atoms with Gasteiger partial charge in [0, 0.05) is 29.7 Å². The van der Waals surface area contributed by atoms with Gasteiger partial charge in [-0.2, -0.15) is 0 Å². The van der Waals surface area contributed by atoms with Gasteiger partial charge in [-0.3, -0.25) is 4.57 Å². The minimum Gasteiger partial charge on any atom is -0.549 e. The van der Waals surface area contributed by atoms with Gasteiger partial charge in [-0.25, -0.2) is 4.67 Å². The predicted molar refractivity (Wildman–Crippen MR) is 132 cm³/mol. The Morgan fingerprint density at radius 3 is 2.09 bits per heavy atom. The largest absolute Gasteiger partial charge is 0.549 e. The molecule has 10 heteroatoms. The van der Waals surface area contributed by atoms with E-state index in [1.165, 1.54) is 11.8 Å². The minimum absolute atomic E-state index is 0.0322. The highest BCUT2D eigenvalue weighted by Gasteiger charge is 2.43. The summed E-state index contributed by atoms with van der Waals surface area (Å²) in [5, 5.41) is 13.2. The van der Waals surface area contributed by atoms with E-state index in [0.717, 1.165) is 5.56 Å². The number of methoxy groups -OCH3 is 1. The normalized spacial score (nSPS) is 22.9. The van der Waals surface area contributed by atoms with Crippen molar-refractivity contribution in [1.82, 2.24) is 4.67 Å². The van der Waals surface area contributed by atoms with Crippen molar-refractivity contribution >= 4 is 42.0 Å². The van der Waals surface area contributed by atoms with E-state index >= 15 is 0 Å². The van der Waals surface area contributed by atoms with Crippen molar-refractivity contribution in [2.75, 3.05) is 20.3 Å². The van der Waals surface area contributed by atoms with E-state index in [0.29, 0.717) is 33.3 Å². The van der Waals surface area contributed by atoms with E-state index in [2.05, 4.69) is 0 Å². The van der Waals surface area contributed by atoms with Crippen LogP contribution in [0.4, 0.5) is 0 Å². The van der Waals surface area contributed by atoms with E-state index in [-0.39, 0.29) is 6.61 Å². The number of carboxylic acid groups (broad SMARTS) is 1. The van der Waals surface area contributed by atoms with Gasteiger partial charge in [-0.1, -0.05) is 35.3 Å². The molecule has 1 aliphatic rings. The Hall–Kier alpha value is -2.38. The van der Waals surface area contributed by atoms with Crippen LogP contribution in [0.2, 0.25) is 10.0 Å². The number of ether oxygens (including phenoxy) is 2. The summed E-state index contributed by atoms with van der Waals surface area (Å²) in [6.45, 7) is -0.561. The van der Waals surface area contributed by atoms with E-state index in [4.69, 9.17) is 37.2 Å². The standard InChI is InChI=1S/C25H24Cl2NO6P/c1-32-22-14-24(17-2-4-18(26)5-3-17)28(15-25(29)30)35(31,33-16-22)23-12-10-21(11-13-23)34-20-8-6-19(27)7-9-20/h2-13,22,24H,14-16H2,1H3,(H,29,30)/p-1. The van der Waals surface area contributed by atoms with E-state index < -0.39 is 32.2 Å². The SMILES string of the molecule is COC1COP(=O)(c2ccc(Oc3ccc(Cl)cc3)cc2)N(CC(=O)[O-])C(c2ccc(Cl)cc2)C1. The summed E-state index contributed by atoms with van der Waals surface area (Å²) in [5.74, 6) is -0.275. The third-order valence-electron chi connectivity index (χ3n) is 5.71. The predicted octanol–water partition coefficient (Wildman–Crippen LogP) is 4.83. The van der Waals surface area contributed by atoms with Gasteiger partial charge in [0.1, 0.15) is 11.5 Å². The lowest BCUT2D eigenvalue weighted by Gasteiger charge is -2.35. The van der Waals surface area contributed by atoms with Crippen molar-refractivity contribution in [3.05, 3.63) is 88.4 Å². The third kappa shape index (κ3) is 6.07. The lowest BCUT2D eigenvalue weighted by Crippen LogP contribution is -2.40. The van der Waals surface area contributed by atoms with Crippen LogP contribution in [0.3, 0.4) is 0 Å². The molecule has 1 aliphatic heterocycles. The van der Waals surface area contributed by atoms with Gasteiger partial charge in [0.2, 0.25) is 0 Å². The van der Waals surface area contributed by atoms with Crippen LogP contribution in [0.25, 0.3) is 0 Å². The van der Waals surface area contributed by atoms with Gasteiger partial charge < -0.3 is 23.9 Å². The summed E-state index contributed by atoms with van der Waals surface area (Å²) in [6, 6.07) is 19.8. The molecule has 1 fully saturated rings. The number of rotatable bonds is 7. The molecule has 0 radical (unpaired) electrons. The maximum atomic E-state index is 14.4. The molecule has 3 unspecified atom stereocenters. The maximum Gasteiger partial charge on any atom is 0.303 e. The van der Waals surface area contributed by atoms with Crippen LogP contribution in [0.15, 0.2) is 72.8 Å². The quantitative estimate of drug-likeness (QED) is 0.401. The molecule has 3 aromatic carbocycles. The number of halogens is 2. The minimum atomic E-state index is -3.84. The van der Waals surface area contributed by atoms with Crippen molar-refractivity contribution in [1.29, 1.82) is 0 Å². The number of aliphatic carboxylic acids is 1. The van der Waals surface area contributed by atoms with Crippen LogP contribution >= 0.6 is 30.7 Å². The van der Waals surface area contributed by atoms with Crippen molar-refractivity contribution in [3.63, 3.8) is 0 Å². The summed E-state index contributed by atoms with van der Waals surface area (Å²) >= 11 is 12.0. The topological polar surface area (TPSA) is 88.1 Å². The molecule has 3 atom stereocenters. The van der Waals surface area contributed by atoms with Crippen LogP contribution in [-0.4, -0.2) is 37.0 Å². The molecule has 4 rings (SSSR count). The molecule has 3 aromatic rings. The van der Waals surface area contributed by atoms with Crippen LogP contribution in [-0.2, 0) is 18.6 Å². The van der Waals surface area contributed by atoms with Crippen molar-refractivity contribution in [2.24, 2.45) is 0 Å². The first kappa shape index (κ1) is 25.7. The molecule has 0 saturated carbocycles. The average molecular weight is 535 g/mol. The number of carboxylic acids is 1. The Morgan fingerprint density at radius 2 is 1.54 bits per heavy atom. The van der Waals surface area contributed by atoms with Crippen LogP contribution < -0.4 is 15.1 Å². The van der Waals surface area contributed by atoms with E-state index in [1.54, 1.807) is 72.8 Å². The fourth-order valence-corrected chi connectivity index (χ4v) is 6.57. The Kier molecular flexibility index (Phi) is 8.17. The van der Waals surface area contributed by atoms with Crippen molar-refractivity contribution < 1.29 is 28.5 Å². The molecule has 1 heterocycles. The van der Waals surface area contributed by atoms with E-state index in [9.17, 15) is 14.5 Å². The number of hydrogen-bond acceptors (Lipinski definition) is 6. The zero-order valence-corrected chi connectivity index (χ0v) is 21.2. The molecule has 1 saturated heterocycles. The number of carbonyl (C=O) groups excluding carboxylic acids is 1. The fraction of sp³-hybridized carbons (Fsp3) is 0.240. The Balaban J connectivity index is 1.70. The molecular weight excluding hydrogens is 512 g/mol. The Bertz CT molecular complexity index is 1200. The molecule has 0 bridgehead atoms. The zero-order chi connectivity index (χ0) is 25.0. The molecule has 0 aromatic heterocycles. The second-order valence-electron chi connectivity index (χ2n) is 8.00. The van der Waals surface area contributed by atoms with Crippen LogP contribution in [0.5, 0.6) is 11.5 Å². The highest BCUT2D eigenvalue weighted by molar-refractivity contribution is 7.64. The number of hydrogen-bond donors (Lipinski definition) is 0. The van der Waals surface area contributed by atoms with Gasteiger partial charge in [-0.15, -0.1) is 0 Å². The molecule has 0 amide bonds. The van der Waals surface area contributed by atoms with Crippen LogP contribution in [0.1, 0.15) is 18.0 Å². The lowest BCUT2D eigenvalue weighted by atomic mass is 10.0. The smallest absolute Gasteiger partial charge is 0.303 e. The summed E-state index contributed by atoms with van der Waals surface area (Å²) < 4.78 is 33.1. The first-order valence-electron chi connectivity index (χ1n) is 10.8.